The van der Waals surface area contributed by atoms with Crippen LogP contribution in [-0.2, 0) is 17.8 Å². The summed E-state index contributed by atoms with van der Waals surface area (Å²) >= 11 is 0. The van der Waals surface area contributed by atoms with Crippen molar-refractivity contribution in [3.05, 3.63) is 11.6 Å². The maximum Gasteiger partial charge on any atom is 0.162 e. The number of rotatable bonds is 2. The Morgan fingerprint density at radius 3 is 3.15 bits per heavy atom. The Morgan fingerprint density at radius 1 is 1.62 bits per heavy atom. The van der Waals surface area contributed by atoms with Gasteiger partial charge in [0.2, 0.25) is 0 Å². The number of nitrogens with two attached hydrogens (primary N) is 1. The predicted molar refractivity (Wildman–Crippen MR) is 46.9 cm³/mol. The van der Waals surface area contributed by atoms with Crippen LogP contribution >= 0.6 is 0 Å². The van der Waals surface area contributed by atoms with Gasteiger partial charge in [0.1, 0.15) is 11.9 Å². The maximum atomic E-state index is 5.54. The van der Waals surface area contributed by atoms with Gasteiger partial charge in [-0.2, -0.15) is 0 Å². The van der Waals surface area contributed by atoms with E-state index < -0.39 is 0 Å². The second-order valence-corrected chi connectivity index (χ2v) is 3.20. The molecule has 0 saturated carbocycles. The molecule has 0 fully saturated rings. The van der Waals surface area contributed by atoms with Gasteiger partial charge in [-0.3, -0.25) is 0 Å². The van der Waals surface area contributed by atoms with E-state index >= 15 is 0 Å². The second kappa shape index (κ2) is 3.43. The van der Waals surface area contributed by atoms with E-state index in [-0.39, 0.29) is 6.10 Å². The molecule has 2 rings (SSSR count). The van der Waals surface area contributed by atoms with Gasteiger partial charge in [-0.05, 0) is 12.8 Å². The van der Waals surface area contributed by atoms with Crippen LogP contribution in [0.5, 0.6) is 0 Å². The first kappa shape index (κ1) is 8.65. The molecule has 0 saturated heterocycles. The lowest BCUT2D eigenvalue weighted by molar-refractivity contribution is 0.0713. The first-order chi connectivity index (χ1) is 6.36. The molecule has 5 heteroatoms. The Labute approximate surface area is 76.9 Å². The van der Waals surface area contributed by atoms with Crippen molar-refractivity contribution in [3.8, 4) is 0 Å². The number of hydrogen-bond acceptors (Lipinski definition) is 4. The summed E-state index contributed by atoms with van der Waals surface area (Å²) < 4.78 is 7.38. The number of methoxy groups -OCH3 is 1. The number of ether oxygens (including phenoxy) is 1. The summed E-state index contributed by atoms with van der Waals surface area (Å²) in [5.74, 6) is 1.78. The summed E-state index contributed by atoms with van der Waals surface area (Å²) in [4.78, 5) is 0. The average Bonchev–Trinajstić information content (AvgIpc) is 2.60. The highest BCUT2D eigenvalue weighted by Crippen LogP contribution is 2.26. The smallest absolute Gasteiger partial charge is 0.162 e. The van der Waals surface area contributed by atoms with E-state index in [0.717, 1.165) is 31.0 Å². The average molecular weight is 182 g/mol. The van der Waals surface area contributed by atoms with Gasteiger partial charge < -0.3 is 15.0 Å². The normalized spacial score (nSPS) is 21.5. The molecule has 2 N–H and O–H groups in total. The lowest BCUT2D eigenvalue weighted by Crippen LogP contribution is -2.19. The molecule has 1 aliphatic rings. The van der Waals surface area contributed by atoms with E-state index in [9.17, 15) is 0 Å². The zero-order valence-corrected chi connectivity index (χ0v) is 7.73. The van der Waals surface area contributed by atoms with Crippen molar-refractivity contribution in [1.82, 2.24) is 14.8 Å². The highest BCUT2D eigenvalue weighted by Gasteiger charge is 2.24. The molecule has 0 amide bonds. The van der Waals surface area contributed by atoms with Crippen LogP contribution in [-0.4, -0.2) is 21.9 Å². The molecule has 1 aromatic rings. The molecule has 0 aromatic carbocycles. The zero-order valence-electron chi connectivity index (χ0n) is 7.73. The predicted octanol–water partition coefficient (Wildman–Crippen LogP) is 0.218. The Morgan fingerprint density at radius 2 is 2.46 bits per heavy atom. The third kappa shape index (κ3) is 1.34. The van der Waals surface area contributed by atoms with E-state index in [4.69, 9.17) is 10.5 Å². The van der Waals surface area contributed by atoms with E-state index in [1.165, 1.54) is 0 Å². The largest absolute Gasteiger partial charge is 0.373 e. The molecular weight excluding hydrogens is 168 g/mol. The summed E-state index contributed by atoms with van der Waals surface area (Å²) in [5, 5.41) is 8.11. The van der Waals surface area contributed by atoms with Crippen LogP contribution in [0.25, 0.3) is 0 Å². The highest BCUT2D eigenvalue weighted by atomic mass is 16.5. The first-order valence-electron chi connectivity index (χ1n) is 4.51. The van der Waals surface area contributed by atoms with Crippen LogP contribution in [0.3, 0.4) is 0 Å². The van der Waals surface area contributed by atoms with Crippen molar-refractivity contribution in [2.24, 2.45) is 5.73 Å². The number of aromatic nitrogens is 3. The number of nitrogens with zero attached hydrogens (tertiary/aromatic N) is 3. The van der Waals surface area contributed by atoms with Gasteiger partial charge in [0.05, 0.1) is 6.54 Å². The molecule has 1 atom stereocenters. The Kier molecular flexibility index (Phi) is 2.28. The molecule has 72 valence electrons. The van der Waals surface area contributed by atoms with E-state index in [2.05, 4.69) is 14.8 Å². The lowest BCUT2D eigenvalue weighted by atomic mass is 10.1. The highest BCUT2D eigenvalue weighted by molar-refractivity contribution is 5.01. The summed E-state index contributed by atoms with van der Waals surface area (Å²) in [6.07, 6.45) is 2.23. The van der Waals surface area contributed by atoms with Crippen LogP contribution in [0.2, 0.25) is 0 Å². The minimum absolute atomic E-state index is 0.0987. The Bertz CT molecular complexity index is 296. The molecule has 1 unspecified atom stereocenters. The third-order valence-electron chi connectivity index (χ3n) is 2.46. The molecule has 2 heterocycles. The van der Waals surface area contributed by atoms with Gasteiger partial charge in [0.25, 0.3) is 0 Å². The van der Waals surface area contributed by atoms with Crippen LogP contribution < -0.4 is 5.73 Å². The van der Waals surface area contributed by atoms with Gasteiger partial charge in [0, 0.05) is 13.7 Å². The molecule has 13 heavy (non-hydrogen) atoms. The lowest BCUT2D eigenvalue weighted by Gasteiger charge is -2.21. The van der Waals surface area contributed by atoms with Crippen molar-refractivity contribution in [2.75, 3.05) is 7.11 Å². The van der Waals surface area contributed by atoms with Gasteiger partial charge >= 0.3 is 0 Å². The zero-order chi connectivity index (χ0) is 9.26. The van der Waals surface area contributed by atoms with Crippen LogP contribution in [0.4, 0.5) is 0 Å². The van der Waals surface area contributed by atoms with Crippen molar-refractivity contribution in [1.29, 1.82) is 0 Å². The van der Waals surface area contributed by atoms with E-state index in [1.54, 1.807) is 7.11 Å². The van der Waals surface area contributed by atoms with Gasteiger partial charge in [-0.15, -0.1) is 10.2 Å². The minimum atomic E-state index is 0.0987. The van der Waals surface area contributed by atoms with Gasteiger partial charge in [-0.1, -0.05) is 0 Å². The minimum Gasteiger partial charge on any atom is -0.373 e. The fourth-order valence-electron chi connectivity index (χ4n) is 1.77. The molecule has 0 aliphatic carbocycles. The Hall–Kier alpha value is -0.940. The van der Waals surface area contributed by atoms with Crippen LogP contribution in [0.1, 0.15) is 30.6 Å². The second-order valence-electron chi connectivity index (χ2n) is 3.20. The molecule has 1 aliphatic heterocycles. The van der Waals surface area contributed by atoms with Crippen molar-refractivity contribution in [3.63, 3.8) is 0 Å². The molecule has 5 nitrogen and oxygen atoms in total. The molecule has 1 aromatic heterocycles. The van der Waals surface area contributed by atoms with Crippen molar-refractivity contribution in [2.45, 2.75) is 32.0 Å². The topological polar surface area (TPSA) is 66.0 Å². The molecule has 0 spiro atoms. The third-order valence-corrected chi connectivity index (χ3v) is 2.46. The van der Waals surface area contributed by atoms with Crippen LogP contribution in [0.15, 0.2) is 0 Å². The van der Waals surface area contributed by atoms with Crippen molar-refractivity contribution >= 4 is 0 Å². The summed E-state index contributed by atoms with van der Waals surface area (Å²) in [6, 6.07) is 0. The quantitative estimate of drug-likeness (QED) is 0.710. The number of hydrogen-bond donors (Lipinski definition) is 1. The fraction of sp³-hybridized carbons (Fsp3) is 0.750. The monoisotopic (exact) mass is 182 g/mol. The fourth-order valence-corrected chi connectivity index (χ4v) is 1.77. The molecule has 0 bridgehead atoms. The standard InChI is InChI=1S/C8H14N4O/c1-13-6-3-2-4-12-7(5-9)10-11-8(6)12/h6H,2-5,9H2,1H3. The Balaban J connectivity index is 2.36. The summed E-state index contributed by atoms with van der Waals surface area (Å²) in [7, 11) is 1.71. The molecule has 0 radical (unpaired) electrons. The summed E-state index contributed by atoms with van der Waals surface area (Å²) in [6.45, 7) is 1.41. The summed E-state index contributed by atoms with van der Waals surface area (Å²) in [5.41, 5.74) is 5.54. The van der Waals surface area contributed by atoms with Crippen LogP contribution in [0, 0.1) is 0 Å². The van der Waals surface area contributed by atoms with E-state index in [1.807, 2.05) is 0 Å². The van der Waals surface area contributed by atoms with Crippen molar-refractivity contribution < 1.29 is 4.74 Å². The molecular formula is C8H14N4O. The van der Waals surface area contributed by atoms with Gasteiger partial charge in [0.15, 0.2) is 5.82 Å². The number of fused-ring (bicyclic) bond motifs is 1. The SMILES string of the molecule is COC1CCCn2c(CN)nnc21. The van der Waals surface area contributed by atoms with E-state index in [0.29, 0.717) is 6.54 Å². The van der Waals surface area contributed by atoms with Gasteiger partial charge in [-0.25, -0.2) is 0 Å². The maximum absolute atomic E-state index is 5.54. The first-order valence-corrected chi connectivity index (χ1v) is 4.51.